The van der Waals surface area contributed by atoms with E-state index >= 15 is 0 Å². The first-order valence-corrected chi connectivity index (χ1v) is 17.1. The minimum atomic E-state index is -0.726. The Morgan fingerprint density at radius 2 is 1.53 bits per heavy atom. The Bertz CT molecular complexity index is 1780. The van der Waals surface area contributed by atoms with Gasteiger partial charge in [0.15, 0.2) is 12.1 Å². The molecule has 0 unspecified atom stereocenters. The van der Waals surface area contributed by atoms with Crippen molar-refractivity contribution in [3.63, 3.8) is 0 Å². The Labute approximate surface area is 288 Å². The molecule has 1 aliphatic heterocycles. The zero-order chi connectivity index (χ0) is 34.0. The lowest BCUT2D eigenvalue weighted by Crippen LogP contribution is -2.31. The molecule has 1 aliphatic rings. The summed E-state index contributed by atoms with van der Waals surface area (Å²) >= 11 is 1.48. The summed E-state index contributed by atoms with van der Waals surface area (Å²) in [7, 11) is 0. The molecule has 0 bridgehead atoms. The van der Waals surface area contributed by atoms with Gasteiger partial charge in [-0.3, -0.25) is 14.8 Å². The molecule has 1 saturated heterocycles. The molecule has 49 heavy (non-hydrogen) atoms. The Hall–Kier alpha value is -4.78. The van der Waals surface area contributed by atoms with E-state index in [0.717, 1.165) is 33.5 Å². The second-order valence-corrected chi connectivity index (χ2v) is 12.6. The summed E-state index contributed by atoms with van der Waals surface area (Å²) in [5.41, 5.74) is 7.34. The lowest BCUT2D eigenvalue weighted by Gasteiger charge is -2.36. The molecule has 0 spiro atoms. The predicted octanol–water partition coefficient (Wildman–Crippen LogP) is 7.45. The molecule has 0 aliphatic carbocycles. The SMILES string of the molecule is O=C(CCCC(=O)Nc1cccc([C@H]2O[C@@H](CSc3nc(-c4ccccc4)c(-c4ccccc4)o3)C[C@@H](c3ccc(CO)cc3)O2)c1)NO. The van der Waals surface area contributed by atoms with E-state index in [-0.39, 0.29) is 37.6 Å². The number of aliphatic hydroxyl groups excluding tert-OH is 1. The van der Waals surface area contributed by atoms with Crippen molar-refractivity contribution in [1.82, 2.24) is 10.5 Å². The summed E-state index contributed by atoms with van der Waals surface area (Å²) < 4.78 is 19.4. The van der Waals surface area contributed by atoms with Crippen molar-refractivity contribution in [3.05, 3.63) is 126 Å². The molecule has 4 N–H and O–H groups in total. The van der Waals surface area contributed by atoms with Gasteiger partial charge in [-0.15, -0.1) is 0 Å². The number of carbonyl (C=O) groups excluding carboxylic acids is 2. The van der Waals surface area contributed by atoms with Crippen molar-refractivity contribution in [1.29, 1.82) is 0 Å². The van der Waals surface area contributed by atoms with Crippen molar-refractivity contribution in [3.8, 4) is 22.6 Å². The van der Waals surface area contributed by atoms with Gasteiger partial charge in [0.1, 0.15) is 5.69 Å². The highest BCUT2D eigenvalue weighted by atomic mass is 32.2. The van der Waals surface area contributed by atoms with E-state index in [2.05, 4.69) is 5.32 Å². The molecule has 6 rings (SSSR count). The highest BCUT2D eigenvalue weighted by Crippen LogP contribution is 2.41. The lowest BCUT2D eigenvalue weighted by molar-refractivity contribution is -0.245. The Morgan fingerprint density at radius 3 is 2.24 bits per heavy atom. The number of oxazole rings is 1. The summed E-state index contributed by atoms with van der Waals surface area (Å²) in [4.78, 5) is 28.7. The number of carbonyl (C=O) groups is 2. The maximum atomic E-state index is 12.5. The predicted molar refractivity (Wildman–Crippen MR) is 185 cm³/mol. The van der Waals surface area contributed by atoms with E-state index in [9.17, 15) is 14.7 Å². The van der Waals surface area contributed by atoms with Crippen molar-refractivity contribution in [2.45, 2.75) is 56.0 Å². The van der Waals surface area contributed by atoms with E-state index in [1.165, 1.54) is 11.8 Å². The molecular formula is C38H37N3O7S. The van der Waals surface area contributed by atoms with Crippen LogP contribution in [0, 0.1) is 0 Å². The Morgan fingerprint density at radius 1 is 0.816 bits per heavy atom. The number of ether oxygens (including phenoxy) is 2. The summed E-state index contributed by atoms with van der Waals surface area (Å²) in [5, 5.41) is 21.6. The highest BCUT2D eigenvalue weighted by molar-refractivity contribution is 7.99. The average molecular weight is 680 g/mol. The van der Waals surface area contributed by atoms with Crippen LogP contribution in [0.15, 0.2) is 119 Å². The normalized spacial score (nSPS) is 17.4. The third-order valence-electron chi connectivity index (χ3n) is 8.07. The molecule has 10 nitrogen and oxygen atoms in total. The zero-order valence-corrected chi connectivity index (χ0v) is 27.5. The van der Waals surface area contributed by atoms with Gasteiger partial charge in [0.05, 0.1) is 18.8 Å². The first-order valence-electron chi connectivity index (χ1n) is 16.1. The second-order valence-electron chi connectivity index (χ2n) is 11.6. The zero-order valence-electron chi connectivity index (χ0n) is 26.7. The number of thioether (sulfide) groups is 1. The number of hydrogen-bond acceptors (Lipinski definition) is 9. The number of amides is 2. The number of nitrogens with zero attached hydrogens (tertiary/aromatic N) is 1. The van der Waals surface area contributed by atoms with Crippen LogP contribution in [0.1, 0.15) is 54.8 Å². The molecule has 3 atom stereocenters. The third-order valence-corrected chi connectivity index (χ3v) is 9.03. The van der Waals surface area contributed by atoms with E-state index in [0.29, 0.717) is 35.3 Å². The van der Waals surface area contributed by atoms with Gasteiger partial charge in [0.25, 0.3) is 5.22 Å². The molecular weight excluding hydrogens is 642 g/mol. The maximum Gasteiger partial charge on any atom is 0.256 e. The van der Waals surface area contributed by atoms with Crippen LogP contribution in [-0.2, 0) is 25.7 Å². The van der Waals surface area contributed by atoms with Crippen LogP contribution < -0.4 is 10.8 Å². The summed E-state index contributed by atoms with van der Waals surface area (Å²) in [6.07, 6.45) is -0.214. The smallest absolute Gasteiger partial charge is 0.256 e. The number of nitrogens with one attached hydrogen (secondary N) is 2. The van der Waals surface area contributed by atoms with Crippen LogP contribution in [-0.4, -0.2) is 39.0 Å². The van der Waals surface area contributed by atoms with Gasteiger partial charge < -0.3 is 24.3 Å². The van der Waals surface area contributed by atoms with Gasteiger partial charge >= 0.3 is 0 Å². The first kappa shape index (κ1) is 34.1. The molecule has 0 radical (unpaired) electrons. The summed E-state index contributed by atoms with van der Waals surface area (Å²) in [6.45, 7) is -0.0456. The minimum Gasteiger partial charge on any atom is -0.431 e. The van der Waals surface area contributed by atoms with Crippen LogP contribution in [0.5, 0.6) is 0 Å². The topological polar surface area (TPSA) is 143 Å². The molecule has 252 valence electrons. The van der Waals surface area contributed by atoms with Crippen LogP contribution in [0.4, 0.5) is 5.69 Å². The van der Waals surface area contributed by atoms with Crippen LogP contribution in [0.2, 0.25) is 0 Å². The number of aromatic nitrogens is 1. The molecule has 11 heteroatoms. The molecule has 4 aromatic carbocycles. The van der Waals surface area contributed by atoms with Crippen LogP contribution in [0.3, 0.4) is 0 Å². The van der Waals surface area contributed by atoms with Crippen LogP contribution >= 0.6 is 11.8 Å². The van der Waals surface area contributed by atoms with Gasteiger partial charge in [-0.2, -0.15) is 0 Å². The standard InChI is InChI=1S/C38H37N3O7S/c42-23-25-17-19-26(20-18-25)32-22-31(46-37(47-32)29-13-7-14-30(21-29)39-33(43)15-8-16-34(44)41-45)24-49-38-40-35(27-9-3-1-4-10-27)36(48-38)28-11-5-2-6-12-28/h1-7,9-14,17-21,31-32,37,42,45H,8,15-16,22-24H2,(H,39,43)(H,41,44)/t31-,32+,37+/m1/s1. The maximum absolute atomic E-state index is 12.5. The molecule has 0 saturated carbocycles. The lowest BCUT2D eigenvalue weighted by atomic mass is 10.0. The number of hydroxylamine groups is 1. The van der Waals surface area contributed by atoms with Gasteiger partial charge in [-0.05, 0) is 29.7 Å². The van der Waals surface area contributed by atoms with Crippen LogP contribution in [0.25, 0.3) is 22.6 Å². The fourth-order valence-electron chi connectivity index (χ4n) is 5.58. The number of rotatable bonds is 13. The van der Waals surface area contributed by atoms with E-state index in [4.69, 9.17) is 24.1 Å². The highest BCUT2D eigenvalue weighted by Gasteiger charge is 2.33. The first-order chi connectivity index (χ1) is 24.0. The van der Waals surface area contributed by atoms with Gasteiger partial charge in [0, 0.05) is 47.4 Å². The van der Waals surface area contributed by atoms with E-state index in [1.54, 1.807) is 11.5 Å². The number of aliphatic hydroxyl groups is 1. The number of benzene rings is 4. The number of hydrogen-bond donors (Lipinski definition) is 4. The summed E-state index contributed by atoms with van der Waals surface area (Å²) in [6, 6.07) is 34.9. The minimum absolute atomic E-state index is 0.0441. The monoisotopic (exact) mass is 679 g/mol. The Balaban J connectivity index is 1.20. The molecule has 2 heterocycles. The fourth-order valence-corrected chi connectivity index (χ4v) is 6.42. The Kier molecular flexibility index (Phi) is 11.5. The molecule has 1 fully saturated rings. The fraction of sp³-hybridized carbons (Fsp3) is 0.237. The van der Waals surface area contributed by atoms with Crippen molar-refractivity contribution in [2.24, 2.45) is 0 Å². The average Bonchev–Trinajstić information content (AvgIpc) is 3.59. The largest absolute Gasteiger partial charge is 0.431 e. The quantitative estimate of drug-likeness (QED) is 0.0567. The third kappa shape index (κ3) is 9.02. The molecule has 2 amide bonds. The number of anilines is 1. The molecule has 5 aromatic rings. The van der Waals surface area contributed by atoms with Crippen molar-refractivity contribution < 1.29 is 33.8 Å². The van der Waals surface area contributed by atoms with Gasteiger partial charge in [0.2, 0.25) is 11.8 Å². The summed E-state index contributed by atoms with van der Waals surface area (Å²) in [5.74, 6) is 0.467. The second kappa shape index (κ2) is 16.6. The van der Waals surface area contributed by atoms with Crippen molar-refractivity contribution >= 4 is 29.3 Å². The van der Waals surface area contributed by atoms with E-state index in [1.807, 2.05) is 103 Å². The van der Waals surface area contributed by atoms with Gasteiger partial charge in [-0.25, -0.2) is 10.5 Å². The van der Waals surface area contributed by atoms with E-state index < -0.39 is 12.2 Å². The van der Waals surface area contributed by atoms with Gasteiger partial charge in [-0.1, -0.05) is 109 Å². The van der Waals surface area contributed by atoms with Crippen molar-refractivity contribution in [2.75, 3.05) is 11.1 Å². The molecule has 1 aromatic heterocycles.